The van der Waals surface area contributed by atoms with E-state index in [1.54, 1.807) is 11.6 Å². The van der Waals surface area contributed by atoms with Crippen LogP contribution >= 0.6 is 11.8 Å². The number of nitrogens with one attached hydrogen (secondary N) is 1. The minimum Gasteiger partial charge on any atom is -0.356 e. The van der Waals surface area contributed by atoms with Crippen LogP contribution in [0.2, 0.25) is 0 Å². The highest BCUT2D eigenvalue weighted by atomic mass is 32.2. The molecule has 0 aliphatic rings. The van der Waals surface area contributed by atoms with Crippen LogP contribution in [0.3, 0.4) is 0 Å². The zero-order valence-electron chi connectivity index (χ0n) is 17.4. The number of rotatable bonds is 10. The molecule has 0 unspecified atom stereocenters. The van der Waals surface area contributed by atoms with Gasteiger partial charge in [-0.3, -0.25) is 14.2 Å². The maximum atomic E-state index is 12.8. The quantitative estimate of drug-likeness (QED) is 0.374. The average molecular weight is 402 g/mol. The van der Waals surface area contributed by atoms with Gasteiger partial charge in [0.05, 0.1) is 0 Å². The third kappa shape index (κ3) is 6.51. The van der Waals surface area contributed by atoms with Gasteiger partial charge in [0.15, 0.2) is 5.16 Å². The Morgan fingerprint density at radius 3 is 2.57 bits per heavy atom. The molecular weight excluding hydrogens is 370 g/mol. The van der Waals surface area contributed by atoms with E-state index < -0.39 is 0 Å². The monoisotopic (exact) mass is 401 g/mol. The van der Waals surface area contributed by atoms with Crippen molar-refractivity contribution in [1.82, 2.24) is 14.9 Å². The molecule has 2 rings (SSSR count). The third-order valence-electron chi connectivity index (χ3n) is 4.68. The molecule has 6 heteroatoms. The first kappa shape index (κ1) is 22.2. The van der Waals surface area contributed by atoms with Crippen molar-refractivity contribution in [2.45, 2.75) is 58.0 Å². The molecular formula is C22H31N3O2S. The number of benzene rings is 1. The van der Waals surface area contributed by atoms with Gasteiger partial charge < -0.3 is 5.32 Å². The topological polar surface area (TPSA) is 64.0 Å². The van der Waals surface area contributed by atoms with Gasteiger partial charge in [-0.2, -0.15) is 0 Å². The van der Waals surface area contributed by atoms with Crippen LogP contribution in [0.25, 0.3) is 0 Å². The Morgan fingerprint density at radius 2 is 1.89 bits per heavy atom. The molecule has 1 aromatic heterocycles. The van der Waals surface area contributed by atoms with Crippen LogP contribution in [0.5, 0.6) is 0 Å². The van der Waals surface area contributed by atoms with Gasteiger partial charge in [-0.05, 0) is 32.3 Å². The Labute approximate surface area is 172 Å². The van der Waals surface area contributed by atoms with E-state index in [0.29, 0.717) is 18.0 Å². The van der Waals surface area contributed by atoms with E-state index in [-0.39, 0.29) is 11.5 Å². The third-order valence-corrected chi connectivity index (χ3v) is 5.80. The first-order valence-corrected chi connectivity index (χ1v) is 10.9. The van der Waals surface area contributed by atoms with Gasteiger partial charge in [0, 0.05) is 43.4 Å². The summed E-state index contributed by atoms with van der Waals surface area (Å²) >= 11 is 1.53. The first-order chi connectivity index (χ1) is 13.4. The van der Waals surface area contributed by atoms with Gasteiger partial charge in [-0.1, -0.05) is 54.9 Å². The van der Waals surface area contributed by atoms with Crippen molar-refractivity contribution in [2.75, 3.05) is 12.3 Å². The second kappa shape index (κ2) is 11.1. The van der Waals surface area contributed by atoms with Crippen molar-refractivity contribution in [3.05, 3.63) is 57.0 Å². The molecule has 0 saturated carbocycles. The van der Waals surface area contributed by atoms with Crippen LogP contribution in [-0.4, -0.2) is 27.8 Å². The number of hydrogen-bond donors (Lipinski definition) is 1. The number of unbranched alkanes of at least 4 members (excludes halogenated alkanes) is 1. The normalized spacial score (nSPS) is 10.9. The van der Waals surface area contributed by atoms with Crippen molar-refractivity contribution < 1.29 is 4.79 Å². The standard InChI is InChI=1S/C22H31N3O2S/c1-5-6-13-23-20(26)8-7-14-28-22-24-17(3)19(21(27)25(22)4)15-18-11-9-16(2)10-12-18/h9-12H,5-8,13-15H2,1-4H3,(H,23,26). The summed E-state index contributed by atoms with van der Waals surface area (Å²) in [6.07, 6.45) is 3.96. The van der Waals surface area contributed by atoms with E-state index in [0.717, 1.165) is 48.4 Å². The molecule has 1 amide bonds. The predicted molar refractivity (Wildman–Crippen MR) is 116 cm³/mol. The molecule has 5 nitrogen and oxygen atoms in total. The Balaban J connectivity index is 1.95. The summed E-state index contributed by atoms with van der Waals surface area (Å²) < 4.78 is 1.63. The van der Waals surface area contributed by atoms with Crippen LogP contribution in [0.15, 0.2) is 34.2 Å². The summed E-state index contributed by atoms with van der Waals surface area (Å²) in [6.45, 7) is 6.81. The second-order valence-corrected chi connectivity index (χ2v) is 8.20. The van der Waals surface area contributed by atoms with Crippen molar-refractivity contribution in [2.24, 2.45) is 7.05 Å². The zero-order valence-corrected chi connectivity index (χ0v) is 18.2. The molecule has 0 saturated heterocycles. The smallest absolute Gasteiger partial charge is 0.257 e. The van der Waals surface area contributed by atoms with Crippen LogP contribution in [0.4, 0.5) is 0 Å². The molecule has 2 aromatic rings. The van der Waals surface area contributed by atoms with Crippen molar-refractivity contribution in [3.8, 4) is 0 Å². The minimum atomic E-state index is 0.00730. The number of thioether (sulfide) groups is 1. The molecule has 28 heavy (non-hydrogen) atoms. The minimum absolute atomic E-state index is 0.00730. The fourth-order valence-electron chi connectivity index (χ4n) is 2.86. The summed E-state index contributed by atoms with van der Waals surface area (Å²) in [4.78, 5) is 29.2. The molecule has 0 spiro atoms. The number of carbonyl (C=O) groups is 1. The number of aromatic nitrogens is 2. The van der Waals surface area contributed by atoms with E-state index in [2.05, 4.69) is 48.4 Å². The molecule has 0 aliphatic carbocycles. The lowest BCUT2D eigenvalue weighted by atomic mass is 10.0. The highest BCUT2D eigenvalue weighted by Gasteiger charge is 2.13. The van der Waals surface area contributed by atoms with E-state index in [4.69, 9.17) is 0 Å². The Kier molecular flexibility index (Phi) is 8.77. The number of amides is 1. The van der Waals surface area contributed by atoms with Gasteiger partial charge in [0.1, 0.15) is 0 Å². The summed E-state index contributed by atoms with van der Waals surface area (Å²) in [5, 5.41) is 3.64. The summed E-state index contributed by atoms with van der Waals surface area (Å²) in [5.74, 6) is 0.860. The highest BCUT2D eigenvalue weighted by molar-refractivity contribution is 7.99. The van der Waals surface area contributed by atoms with E-state index in [1.165, 1.54) is 17.3 Å². The Bertz CT molecular complexity index is 844. The second-order valence-electron chi connectivity index (χ2n) is 7.14. The fourth-order valence-corrected chi connectivity index (χ4v) is 3.81. The average Bonchev–Trinajstić information content (AvgIpc) is 2.67. The molecule has 1 heterocycles. The molecule has 1 N–H and O–H groups in total. The molecule has 0 bridgehead atoms. The van der Waals surface area contributed by atoms with Gasteiger partial charge in [0.25, 0.3) is 5.56 Å². The lowest BCUT2D eigenvalue weighted by Crippen LogP contribution is -2.26. The zero-order chi connectivity index (χ0) is 20.5. The highest BCUT2D eigenvalue weighted by Crippen LogP contribution is 2.18. The van der Waals surface area contributed by atoms with Crippen molar-refractivity contribution in [1.29, 1.82) is 0 Å². The van der Waals surface area contributed by atoms with E-state index in [9.17, 15) is 9.59 Å². The predicted octanol–water partition coefficient (Wildman–Crippen LogP) is 3.78. The van der Waals surface area contributed by atoms with Gasteiger partial charge >= 0.3 is 0 Å². The largest absolute Gasteiger partial charge is 0.356 e. The molecule has 0 radical (unpaired) electrons. The van der Waals surface area contributed by atoms with Crippen LogP contribution in [0, 0.1) is 13.8 Å². The molecule has 0 atom stereocenters. The van der Waals surface area contributed by atoms with Crippen LogP contribution < -0.4 is 10.9 Å². The molecule has 0 fully saturated rings. The summed E-state index contributed by atoms with van der Waals surface area (Å²) in [5.41, 5.74) is 3.85. The van der Waals surface area contributed by atoms with E-state index >= 15 is 0 Å². The maximum Gasteiger partial charge on any atom is 0.257 e. The Morgan fingerprint density at radius 1 is 1.18 bits per heavy atom. The number of aryl methyl sites for hydroxylation is 2. The van der Waals surface area contributed by atoms with Gasteiger partial charge in [0.2, 0.25) is 5.91 Å². The van der Waals surface area contributed by atoms with Crippen LogP contribution in [-0.2, 0) is 18.3 Å². The lowest BCUT2D eigenvalue weighted by molar-refractivity contribution is -0.121. The summed E-state index contributed by atoms with van der Waals surface area (Å²) in [7, 11) is 1.77. The van der Waals surface area contributed by atoms with Crippen LogP contribution in [0.1, 0.15) is 55.0 Å². The Hall–Kier alpha value is -2.08. The molecule has 152 valence electrons. The van der Waals surface area contributed by atoms with Gasteiger partial charge in [-0.25, -0.2) is 4.98 Å². The molecule has 0 aliphatic heterocycles. The maximum absolute atomic E-state index is 12.8. The SMILES string of the molecule is CCCCNC(=O)CCCSc1nc(C)c(Cc2ccc(C)cc2)c(=O)n1C. The fraction of sp³-hybridized carbons (Fsp3) is 0.500. The van der Waals surface area contributed by atoms with E-state index in [1.807, 2.05) is 6.92 Å². The number of carbonyl (C=O) groups excluding carboxylic acids is 1. The first-order valence-electron chi connectivity index (χ1n) is 9.94. The van der Waals surface area contributed by atoms with Crippen molar-refractivity contribution >= 4 is 17.7 Å². The molecule has 1 aromatic carbocycles. The van der Waals surface area contributed by atoms with Gasteiger partial charge in [-0.15, -0.1) is 0 Å². The lowest BCUT2D eigenvalue weighted by Gasteiger charge is -2.12. The van der Waals surface area contributed by atoms with Crippen molar-refractivity contribution in [3.63, 3.8) is 0 Å². The summed E-state index contributed by atoms with van der Waals surface area (Å²) in [6, 6.07) is 8.24. The number of nitrogens with zero attached hydrogens (tertiary/aromatic N) is 2. The number of hydrogen-bond acceptors (Lipinski definition) is 4.